The maximum absolute atomic E-state index is 5.19. The van der Waals surface area contributed by atoms with E-state index in [0.29, 0.717) is 6.04 Å². The molecule has 10 heavy (non-hydrogen) atoms. The van der Waals surface area contributed by atoms with E-state index < -0.39 is 8.07 Å². The first-order valence-corrected chi connectivity index (χ1v) is 4.99. The van der Waals surface area contributed by atoms with Crippen LogP contribution in [0.2, 0.25) is 6.04 Å². The highest BCUT2D eigenvalue weighted by atomic mass is 28.3. The van der Waals surface area contributed by atoms with Crippen LogP contribution in [0.15, 0.2) is 12.7 Å². The molecule has 0 aliphatic rings. The van der Waals surface area contributed by atoms with Crippen molar-refractivity contribution in [2.75, 3.05) is 0 Å². The number of rotatable bonds is 2. The molecule has 0 aromatic carbocycles. The highest BCUT2D eigenvalue weighted by Crippen LogP contribution is 2.05. The zero-order chi connectivity index (χ0) is 8.04. The largest absolute Gasteiger partial charge is 0.293 e. The van der Waals surface area contributed by atoms with Gasteiger partial charge in [0.25, 0.3) is 8.07 Å². The minimum Gasteiger partial charge on any atom is -0.125 e. The van der Waals surface area contributed by atoms with Gasteiger partial charge in [0.15, 0.2) is 0 Å². The van der Waals surface area contributed by atoms with Crippen molar-refractivity contribution in [3.05, 3.63) is 12.7 Å². The highest BCUT2D eigenvalue weighted by molar-refractivity contribution is 7.00. The van der Waals surface area contributed by atoms with Gasteiger partial charge in [-0.25, -0.2) is 0 Å². The van der Waals surface area contributed by atoms with Gasteiger partial charge in [-0.05, 0) is 6.04 Å². The minimum absolute atomic E-state index is 0.608. The van der Waals surface area contributed by atoms with Crippen LogP contribution in [0.3, 0.4) is 0 Å². The second-order valence-corrected chi connectivity index (χ2v) is 4.92. The third-order valence-electron chi connectivity index (χ3n) is 1.19. The summed E-state index contributed by atoms with van der Waals surface area (Å²) in [6.45, 7) is 3.54. The fraction of sp³-hybridized carbons (Fsp3) is 0.111. The van der Waals surface area contributed by atoms with E-state index in [0.717, 1.165) is 0 Å². The van der Waals surface area contributed by atoms with Gasteiger partial charge in [0.1, 0.15) is 0 Å². The Balaban J connectivity index is 4.60. The predicted octanol–water partition coefficient (Wildman–Crippen LogP) is 1.14. The van der Waals surface area contributed by atoms with Crippen LogP contribution < -0.4 is 0 Å². The van der Waals surface area contributed by atoms with Gasteiger partial charge < -0.3 is 0 Å². The molecule has 0 aliphatic carbocycles. The highest BCUT2D eigenvalue weighted by Gasteiger charge is 2.23. The van der Waals surface area contributed by atoms with E-state index in [2.05, 4.69) is 23.2 Å². The van der Waals surface area contributed by atoms with Crippen LogP contribution in [0.25, 0.3) is 0 Å². The topological polar surface area (TPSA) is 0 Å². The zero-order valence-electron chi connectivity index (χ0n) is 5.72. The average molecular weight is 144 g/mol. The summed E-state index contributed by atoms with van der Waals surface area (Å²) in [5.74, 6) is 0. The van der Waals surface area contributed by atoms with Crippen LogP contribution >= 0.6 is 0 Å². The molecular weight excluding hydrogens is 136 g/mol. The molecule has 0 atom stereocenters. The first kappa shape index (κ1) is 8.64. The van der Waals surface area contributed by atoms with Gasteiger partial charge in [-0.1, -0.05) is 6.08 Å². The van der Waals surface area contributed by atoms with Gasteiger partial charge in [-0.15, -0.1) is 42.5 Å². The number of hydrogen-bond acceptors (Lipinski definition) is 0. The van der Waals surface area contributed by atoms with Crippen LogP contribution in [0.5, 0.6) is 0 Å². The number of hydrogen-bond donors (Lipinski definition) is 0. The number of terminal acetylenes is 3. The second-order valence-electron chi connectivity index (χ2n) is 1.83. The molecule has 0 amide bonds. The van der Waals surface area contributed by atoms with Gasteiger partial charge in [-0.2, -0.15) is 0 Å². The van der Waals surface area contributed by atoms with E-state index in [9.17, 15) is 0 Å². The van der Waals surface area contributed by atoms with Crippen molar-refractivity contribution in [2.24, 2.45) is 0 Å². The molecule has 0 rings (SSSR count). The molecule has 0 saturated carbocycles. The van der Waals surface area contributed by atoms with E-state index in [1.165, 1.54) is 0 Å². The summed E-state index contributed by atoms with van der Waals surface area (Å²) in [4.78, 5) is 0. The van der Waals surface area contributed by atoms with Gasteiger partial charge in [-0.3, -0.25) is 0 Å². The van der Waals surface area contributed by atoms with Gasteiger partial charge in [0, 0.05) is 0 Å². The molecule has 0 aromatic heterocycles. The molecule has 48 valence electrons. The number of allylic oxidation sites excluding steroid dienone is 1. The molecule has 0 fully saturated rings. The Kier molecular flexibility index (Phi) is 3.13. The molecule has 0 spiro atoms. The lowest BCUT2D eigenvalue weighted by Gasteiger charge is -2.06. The summed E-state index contributed by atoms with van der Waals surface area (Å²) >= 11 is 0. The Morgan fingerprint density at radius 1 is 1.20 bits per heavy atom. The van der Waals surface area contributed by atoms with Crippen LogP contribution in [-0.2, 0) is 0 Å². The molecule has 0 aliphatic heterocycles. The molecule has 0 N–H and O–H groups in total. The van der Waals surface area contributed by atoms with Gasteiger partial charge in [0.05, 0.1) is 0 Å². The first-order valence-electron chi connectivity index (χ1n) is 2.79. The maximum Gasteiger partial charge on any atom is 0.293 e. The fourth-order valence-corrected chi connectivity index (χ4v) is 1.55. The van der Waals surface area contributed by atoms with E-state index in [-0.39, 0.29) is 0 Å². The summed E-state index contributed by atoms with van der Waals surface area (Å²) in [7, 11) is -2.25. The summed E-state index contributed by atoms with van der Waals surface area (Å²) < 4.78 is 0. The lowest BCUT2D eigenvalue weighted by Crippen LogP contribution is -2.28. The molecule has 0 aromatic rings. The van der Waals surface area contributed by atoms with Crippen molar-refractivity contribution in [3.8, 4) is 35.9 Å². The van der Waals surface area contributed by atoms with Crippen molar-refractivity contribution >= 4 is 8.07 Å². The summed E-state index contributed by atoms with van der Waals surface area (Å²) in [6.07, 6.45) is 17.3. The lowest BCUT2D eigenvalue weighted by molar-refractivity contribution is 1.67. The van der Waals surface area contributed by atoms with Crippen LogP contribution in [0, 0.1) is 35.9 Å². The predicted molar refractivity (Wildman–Crippen MR) is 47.3 cm³/mol. The van der Waals surface area contributed by atoms with E-state index >= 15 is 0 Å². The second kappa shape index (κ2) is 3.62. The Morgan fingerprint density at radius 3 is 1.70 bits per heavy atom. The molecule has 0 saturated heterocycles. The molecule has 0 unspecified atom stereocenters. The smallest absolute Gasteiger partial charge is 0.125 e. The van der Waals surface area contributed by atoms with Gasteiger partial charge >= 0.3 is 0 Å². The SMILES string of the molecule is C#C[Si](C#C)(C#C)CC=C. The summed E-state index contributed by atoms with van der Waals surface area (Å²) in [5, 5.41) is 0. The average Bonchev–Trinajstić information content (AvgIpc) is 2.01. The van der Waals surface area contributed by atoms with Crippen molar-refractivity contribution in [3.63, 3.8) is 0 Å². The van der Waals surface area contributed by atoms with Gasteiger partial charge in [0.2, 0.25) is 0 Å². The van der Waals surface area contributed by atoms with E-state index in [4.69, 9.17) is 19.3 Å². The van der Waals surface area contributed by atoms with Crippen molar-refractivity contribution in [1.29, 1.82) is 0 Å². The summed E-state index contributed by atoms with van der Waals surface area (Å²) in [6, 6.07) is 0.608. The van der Waals surface area contributed by atoms with Crippen LogP contribution in [0.1, 0.15) is 0 Å². The fourth-order valence-electron chi connectivity index (χ4n) is 0.518. The van der Waals surface area contributed by atoms with E-state index in [1.54, 1.807) is 6.08 Å². The standard InChI is InChI=1S/C9H8Si/c1-5-9-10(6-2,7-3)8-4/h2-5H,1,9H2. The lowest BCUT2D eigenvalue weighted by atomic mass is 10.8. The third kappa shape index (κ3) is 1.56. The van der Waals surface area contributed by atoms with Crippen molar-refractivity contribution in [1.82, 2.24) is 0 Å². The van der Waals surface area contributed by atoms with E-state index in [1.807, 2.05) is 0 Å². The maximum atomic E-state index is 5.19. The first-order chi connectivity index (χ1) is 4.74. The Labute approximate surface area is 63.3 Å². The summed E-state index contributed by atoms with van der Waals surface area (Å²) in [5.41, 5.74) is 7.53. The zero-order valence-corrected chi connectivity index (χ0v) is 6.72. The Bertz CT molecular complexity index is 205. The monoisotopic (exact) mass is 144 g/mol. The normalized spacial score (nSPS) is 8.50. The molecule has 0 radical (unpaired) electrons. The van der Waals surface area contributed by atoms with Crippen molar-refractivity contribution < 1.29 is 0 Å². The molecular formula is C9H8Si. The van der Waals surface area contributed by atoms with Crippen LogP contribution in [0.4, 0.5) is 0 Å². The molecule has 0 nitrogen and oxygen atoms in total. The Morgan fingerprint density at radius 2 is 1.60 bits per heavy atom. The minimum atomic E-state index is -2.25. The Hall–Kier alpha value is -1.36. The molecule has 1 heteroatoms. The molecule has 0 bridgehead atoms. The third-order valence-corrected chi connectivity index (χ3v) is 3.57. The quantitative estimate of drug-likeness (QED) is 0.310. The van der Waals surface area contributed by atoms with Crippen LogP contribution in [-0.4, -0.2) is 8.07 Å². The molecule has 0 heterocycles. The van der Waals surface area contributed by atoms with Crippen molar-refractivity contribution in [2.45, 2.75) is 6.04 Å².